The number of rotatable bonds is 5. The van der Waals surface area contributed by atoms with E-state index in [1.54, 1.807) is 26.2 Å². The van der Waals surface area contributed by atoms with Gasteiger partial charge in [0.05, 0.1) is 18.7 Å². The predicted molar refractivity (Wildman–Crippen MR) is 81.7 cm³/mol. The van der Waals surface area contributed by atoms with E-state index in [9.17, 15) is 9.59 Å². The van der Waals surface area contributed by atoms with Crippen LogP contribution in [0.4, 0.5) is 5.13 Å². The SMILES string of the molecule is CCOC(=O)Cc1csc(NC(=S)NC(=O)C(C)C)n1. The smallest absolute Gasteiger partial charge is 0.311 e. The van der Waals surface area contributed by atoms with Crippen molar-refractivity contribution in [3.8, 4) is 0 Å². The van der Waals surface area contributed by atoms with Crippen molar-refractivity contribution in [3.05, 3.63) is 11.1 Å². The van der Waals surface area contributed by atoms with Crippen LogP contribution in [0.1, 0.15) is 26.5 Å². The van der Waals surface area contributed by atoms with Crippen LogP contribution in [0.5, 0.6) is 0 Å². The zero-order chi connectivity index (χ0) is 15.1. The van der Waals surface area contributed by atoms with Crippen molar-refractivity contribution in [1.29, 1.82) is 0 Å². The Labute approximate surface area is 126 Å². The Hall–Kier alpha value is -1.54. The van der Waals surface area contributed by atoms with E-state index in [2.05, 4.69) is 15.6 Å². The van der Waals surface area contributed by atoms with E-state index in [0.29, 0.717) is 17.4 Å². The number of thiazole rings is 1. The van der Waals surface area contributed by atoms with Crippen LogP contribution in [-0.2, 0) is 20.7 Å². The summed E-state index contributed by atoms with van der Waals surface area (Å²) in [7, 11) is 0. The average Bonchev–Trinajstić information content (AvgIpc) is 2.76. The molecule has 20 heavy (non-hydrogen) atoms. The van der Waals surface area contributed by atoms with Gasteiger partial charge in [-0.15, -0.1) is 11.3 Å². The molecule has 0 aliphatic rings. The average molecular weight is 315 g/mol. The van der Waals surface area contributed by atoms with Gasteiger partial charge in [0.1, 0.15) is 0 Å². The lowest BCUT2D eigenvalue weighted by molar-refractivity contribution is -0.142. The molecule has 8 heteroatoms. The highest BCUT2D eigenvalue weighted by Gasteiger charge is 2.11. The molecule has 0 unspecified atom stereocenters. The van der Waals surface area contributed by atoms with Gasteiger partial charge in [-0.1, -0.05) is 13.8 Å². The minimum Gasteiger partial charge on any atom is -0.466 e. The summed E-state index contributed by atoms with van der Waals surface area (Å²) in [6.45, 7) is 5.65. The molecule has 110 valence electrons. The van der Waals surface area contributed by atoms with Crippen molar-refractivity contribution < 1.29 is 14.3 Å². The molecular formula is C12H17N3O3S2. The molecule has 0 aliphatic carbocycles. The summed E-state index contributed by atoms with van der Waals surface area (Å²) in [6.07, 6.45) is 0.122. The van der Waals surface area contributed by atoms with Crippen LogP contribution >= 0.6 is 23.6 Å². The van der Waals surface area contributed by atoms with Crippen LogP contribution in [0.25, 0.3) is 0 Å². The van der Waals surface area contributed by atoms with Gasteiger partial charge in [0.15, 0.2) is 10.2 Å². The first-order valence-corrected chi connectivity index (χ1v) is 7.43. The van der Waals surface area contributed by atoms with Crippen LogP contribution in [0, 0.1) is 5.92 Å². The molecule has 1 aromatic rings. The van der Waals surface area contributed by atoms with E-state index in [4.69, 9.17) is 17.0 Å². The first-order chi connectivity index (χ1) is 9.42. The van der Waals surface area contributed by atoms with Crippen molar-refractivity contribution in [2.45, 2.75) is 27.2 Å². The van der Waals surface area contributed by atoms with Crippen molar-refractivity contribution >= 4 is 45.7 Å². The third-order valence-corrected chi connectivity index (χ3v) is 3.17. The number of carbonyl (C=O) groups excluding carboxylic acids is 2. The van der Waals surface area contributed by atoms with Crippen molar-refractivity contribution in [3.63, 3.8) is 0 Å². The van der Waals surface area contributed by atoms with Gasteiger partial charge in [0.2, 0.25) is 5.91 Å². The van der Waals surface area contributed by atoms with Gasteiger partial charge in [-0.3, -0.25) is 9.59 Å². The monoisotopic (exact) mass is 315 g/mol. The molecule has 0 saturated carbocycles. The van der Waals surface area contributed by atoms with E-state index in [0.717, 1.165) is 0 Å². The Kier molecular flexibility index (Phi) is 6.53. The van der Waals surface area contributed by atoms with Crippen molar-refractivity contribution in [2.75, 3.05) is 11.9 Å². The van der Waals surface area contributed by atoms with Gasteiger partial charge in [0.25, 0.3) is 0 Å². The van der Waals surface area contributed by atoms with Crippen molar-refractivity contribution in [2.24, 2.45) is 5.92 Å². The number of nitrogens with one attached hydrogen (secondary N) is 2. The number of anilines is 1. The molecule has 0 atom stereocenters. The molecule has 0 radical (unpaired) electrons. The van der Waals surface area contributed by atoms with E-state index >= 15 is 0 Å². The molecule has 1 heterocycles. The van der Waals surface area contributed by atoms with Gasteiger partial charge >= 0.3 is 5.97 Å². The molecule has 0 spiro atoms. The lowest BCUT2D eigenvalue weighted by Crippen LogP contribution is -2.36. The van der Waals surface area contributed by atoms with Gasteiger partial charge in [0, 0.05) is 11.3 Å². The Morgan fingerprint density at radius 3 is 2.80 bits per heavy atom. The summed E-state index contributed by atoms with van der Waals surface area (Å²) in [5, 5.41) is 7.83. The Balaban J connectivity index is 2.49. The molecule has 0 fully saturated rings. The standard InChI is InChI=1S/C12H17N3O3S2/c1-4-18-9(16)5-8-6-20-12(13-8)15-11(19)14-10(17)7(2)3/h6-7H,4-5H2,1-3H3,(H2,13,14,15,17,19). The van der Waals surface area contributed by atoms with Gasteiger partial charge < -0.3 is 15.4 Å². The highest BCUT2D eigenvalue weighted by Crippen LogP contribution is 2.16. The molecule has 0 aromatic carbocycles. The zero-order valence-corrected chi connectivity index (χ0v) is 13.2. The second kappa shape index (κ2) is 7.91. The molecule has 0 saturated heterocycles. The van der Waals surface area contributed by atoms with Crippen LogP contribution in [0.2, 0.25) is 0 Å². The van der Waals surface area contributed by atoms with Gasteiger partial charge in [-0.25, -0.2) is 4.98 Å². The summed E-state index contributed by atoms with van der Waals surface area (Å²) in [4.78, 5) is 26.9. The highest BCUT2D eigenvalue weighted by molar-refractivity contribution is 7.80. The predicted octanol–water partition coefficient (Wildman–Crippen LogP) is 1.72. The fourth-order valence-corrected chi connectivity index (χ4v) is 2.17. The minimum absolute atomic E-state index is 0.122. The molecular weight excluding hydrogens is 298 g/mol. The molecule has 2 N–H and O–H groups in total. The van der Waals surface area contributed by atoms with Crippen LogP contribution in [0.3, 0.4) is 0 Å². The number of hydrogen-bond acceptors (Lipinski definition) is 6. The largest absolute Gasteiger partial charge is 0.466 e. The molecule has 1 amide bonds. The number of amides is 1. The number of ether oxygens (including phenoxy) is 1. The second-order valence-electron chi connectivity index (χ2n) is 4.22. The van der Waals surface area contributed by atoms with E-state index in [1.807, 2.05) is 0 Å². The Morgan fingerprint density at radius 1 is 1.50 bits per heavy atom. The summed E-state index contributed by atoms with van der Waals surface area (Å²) in [5.41, 5.74) is 0.605. The van der Waals surface area contributed by atoms with E-state index < -0.39 is 0 Å². The number of hydrogen-bond donors (Lipinski definition) is 2. The number of thiocarbonyl (C=S) groups is 1. The second-order valence-corrected chi connectivity index (χ2v) is 5.49. The third-order valence-electron chi connectivity index (χ3n) is 2.16. The van der Waals surface area contributed by atoms with Crippen LogP contribution in [0.15, 0.2) is 5.38 Å². The number of esters is 1. The zero-order valence-electron chi connectivity index (χ0n) is 11.6. The molecule has 0 aliphatic heterocycles. The van der Waals surface area contributed by atoms with Crippen LogP contribution in [-0.4, -0.2) is 28.6 Å². The molecule has 0 bridgehead atoms. The van der Waals surface area contributed by atoms with Gasteiger partial charge in [-0.2, -0.15) is 0 Å². The summed E-state index contributed by atoms with van der Waals surface area (Å²) in [6, 6.07) is 0. The maximum atomic E-state index is 11.4. The first kappa shape index (κ1) is 16.5. The minimum atomic E-state index is -0.319. The molecule has 1 rings (SSSR count). The summed E-state index contributed by atoms with van der Waals surface area (Å²) < 4.78 is 4.84. The number of nitrogens with zero attached hydrogens (tertiary/aromatic N) is 1. The van der Waals surface area contributed by atoms with E-state index in [-0.39, 0.29) is 29.3 Å². The first-order valence-electron chi connectivity index (χ1n) is 6.14. The fraction of sp³-hybridized carbons (Fsp3) is 0.500. The third kappa shape index (κ3) is 5.62. The van der Waals surface area contributed by atoms with Crippen molar-refractivity contribution in [1.82, 2.24) is 10.3 Å². The van der Waals surface area contributed by atoms with Crippen LogP contribution < -0.4 is 10.6 Å². The Bertz CT molecular complexity index is 500. The lowest BCUT2D eigenvalue weighted by Gasteiger charge is -2.08. The summed E-state index contributed by atoms with van der Waals surface area (Å²) in [5.74, 6) is -0.628. The molecule has 6 nitrogen and oxygen atoms in total. The fourth-order valence-electron chi connectivity index (χ4n) is 1.19. The Morgan fingerprint density at radius 2 is 2.20 bits per heavy atom. The maximum absolute atomic E-state index is 11.4. The number of aromatic nitrogens is 1. The lowest BCUT2D eigenvalue weighted by atomic mass is 10.2. The normalized spacial score (nSPS) is 10.2. The highest BCUT2D eigenvalue weighted by atomic mass is 32.1. The maximum Gasteiger partial charge on any atom is 0.311 e. The molecule has 1 aromatic heterocycles. The quantitative estimate of drug-likeness (QED) is 0.636. The van der Waals surface area contributed by atoms with E-state index in [1.165, 1.54) is 11.3 Å². The summed E-state index contributed by atoms with van der Waals surface area (Å²) >= 11 is 6.31. The topological polar surface area (TPSA) is 80.3 Å². The van der Waals surface area contributed by atoms with Gasteiger partial charge in [-0.05, 0) is 19.1 Å². The number of carbonyl (C=O) groups is 2.